The molecule has 1 unspecified atom stereocenters. The predicted octanol–water partition coefficient (Wildman–Crippen LogP) is 4.62. The summed E-state index contributed by atoms with van der Waals surface area (Å²) in [5.74, 6) is 0.370. The Kier molecular flexibility index (Phi) is 7.50. The quantitative estimate of drug-likeness (QED) is 0.303. The summed E-state index contributed by atoms with van der Waals surface area (Å²) in [6.45, 7) is 4.51. The van der Waals surface area contributed by atoms with E-state index in [9.17, 15) is 13.2 Å². The number of amides is 1. The smallest absolute Gasteiger partial charge is 0.266 e. The molecule has 0 N–H and O–H groups in total. The van der Waals surface area contributed by atoms with E-state index in [1.807, 2.05) is 49.6 Å². The Morgan fingerprint density at radius 2 is 1.97 bits per heavy atom. The van der Waals surface area contributed by atoms with Crippen LogP contribution in [0.5, 0.6) is 0 Å². The van der Waals surface area contributed by atoms with Gasteiger partial charge in [0.2, 0.25) is 15.9 Å². The van der Waals surface area contributed by atoms with Crippen molar-refractivity contribution in [3.8, 4) is 11.6 Å². The highest BCUT2D eigenvalue weighted by Crippen LogP contribution is 2.36. The largest absolute Gasteiger partial charge is 0.419 e. The van der Waals surface area contributed by atoms with Crippen LogP contribution in [-0.4, -0.2) is 59.2 Å². The van der Waals surface area contributed by atoms with Gasteiger partial charge in [0.1, 0.15) is 16.5 Å². The van der Waals surface area contributed by atoms with Gasteiger partial charge in [-0.15, -0.1) is 21.5 Å². The lowest BCUT2D eigenvalue weighted by molar-refractivity contribution is 0.0735. The van der Waals surface area contributed by atoms with Gasteiger partial charge in [0, 0.05) is 36.1 Å². The first kappa shape index (κ1) is 26.9. The van der Waals surface area contributed by atoms with E-state index in [1.54, 1.807) is 22.3 Å². The van der Waals surface area contributed by atoms with Crippen LogP contribution in [0.25, 0.3) is 11.6 Å². The van der Waals surface area contributed by atoms with Crippen LogP contribution in [0.3, 0.4) is 0 Å². The van der Waals surface area contributed by atoms with Crippen LogP contribution in [0.15, 0.2) is 52.3 Å². The average Bonchev–Trinajstić information content (AvgIpc) is 3.68. The molecule has 5 rings (SSSR count). The Morgan fingerprint density at radius 3 is 2.67 bits per heavy atom. The second kappa shape index (κ2) is 10.9. The molecule has 1 fully saturated rings. The number of carbonyl (C=O) groups is 1. The first-order valence-electron chi connectivity index (χ1n) is 12.7. The van der Waals surface area contributed by atoms with Crippen molar-refractivity contribution in [1.82, 2.24) is 25.1 Å². The van der Waals surface area contributed by atoms with Crippen molar-refractivity contribution in [1.29, 1.82) is 0 Å². The summed E-state index contributed by atoms with van der Waals surface area (Å²) in [4.78, 5) is 24.7. The van der Waals surface area contributed by atoms with Crippen molar-refractivity contribution in [2.45, 2.75) is 45.1 Å². The fourth-order valence-corrected chi connectivity index (χ4v) is 6.01. The molecule has 204 valence electrons. The van der Waals surface area contributed by atoms with E-state index in [0.717, 1.165) is 39.7 Å². The summed E-state index contributed by atoms with van der Waals surface area (Å²) >= 11 is 1.54. The van der Waals surface area contributed by atoms with Gasteiger partial charge in [0.25, 0.3) is 11.8 Å². The summed E-state index contributed by atoms with van der Waals surface area (Å²) in [5.41, 5.74) is 2.59. The minimum atomic E-state index is -3.64. The Hall–Kier alpha value is -3.64. The molecule has 1 amide bonds. The van der Waals surface area contributed by atoms with E-state index in [-0.39, 0.29) is 35.3 Å². The van der Waals surface area contributed by atoms with Crippen molar-refractivity contribution < 1.29 is 17.6 Å². The Balaban J connectivity index is 1.49. The minimum absolute atomic E-state index is 0.0521. The molecular weight excluding hydrogens is 536 g/mol. The second-order valence-corrected chi connectivity index (χ2v) is 12.8. The Morgan fingerprint density at radius 1 is 1.21 bits per heavy atom. The number of hydrogen-bond donors (Lipinski definition) is 0. The van der Waals surface area contributed by atoms with Gasteiger partial charge >= 0.3 is 0 Å². The molecule has 0 radical (unpaired) electrons. The fraction of sp³-hybridized carbons (Fsp3) is 0.370. The van der Waals surface area contributed by atoms with Crippen molar-refractivity contribution in [2.75, 3.05) is 24.2 Å². The summed E-state index contributed by atoms with van der Waals surface area (Å²) in [7, 11) is -2.24. The number of aromatic nitrogens is 4. The third-order valence-corrected chi connectivity index (χ3v) is 9.03. The molecular formula is C27H30N6O4S2. The zero-order valence-electron chi connectivity index (χ0n) is 22.2. The number of aryl methyl sites for hydroxylation is 1. The third kappa shape index (κ3) is 5.86. The minimum Gasteiger partial charge on any atom is -0.419 e. The molecule has 1 aliphatic rings. The number of pyridine rings is 1. The maximum Gasteiger partial charge on any atom is 0.266 e. The van der Waals surface area contributed by atoms with Gasteiger partial charge in [-0.25, -0.2) is 18.4 Å². The summed E-state index contributed by atoms with van der Waals surface area (Å²) < 4.78 is 31.7. The zero-order valence-corrected chi connectivity index (χ0v) is 23.9. The predicted molar refractivity (Wildman–Crippen MR) is 149 cm³/mol. The van der Waals surface area contributed by atoms with Crippen LogP contribution in [0.2, 0.25) is 0 Å². The Labute approximate surface area is 231 Å². The standard InChI is InChI=1S/C27H30N6O4S2/c1-17(13-19-9-6-5-7-10-19)24-30-31-25(37-24)21-14-20(15-23(29-21)32(3)39(4,35)36)27(34)33-12-8-11-22(33)26-28-18(2)16-38-26/h5-7,9-10,14-17,22H,8,11-13H2,1-4H3/t17?,22-/m1/s1. The number of sulfonamides is 1. The number of benzene rings is 1. The van der Waals surface area contributed by atoms with Gasteiger partial charge in [0.05, 0.1) is 12.3 Å². The third-order valence-electron chi connectivity index (χ3n) is 6.78. The molecule has 0 spiro atoms. The topological polar surface area (TPSA) is 122 Å². The van der Waals surface area contributed by atoms with E-state index >= 15 is 0 Å². The second-order valence-electron chi connectivity index (χ2n) is 9.85. The van der Waals surface area contributed by atoms with Crippen LogP contribution >= 0.6 is 11.3 Å². The number of nitrogens with zero attached hydrogens (tertiary/aromatic N) is 6. The van der Waals surface area contributed by atoms with Gasteiger partial charge in [-0.05, 0) is 43.9 Å². The van der Waals surface area contributed by atoms with Crippen LogP contribution in [0.1, 0.15) is 64.2 Å². The van der Waals surface area contributed by atoms with Crippen LogP contribution in [0, 0.1) is 6.92 Å². The highest BCUT2D eigenvalue weighted by atomic mass is 32.2. The summed E-state index contributed by atoms with van der Waals surface area (Å²) in [6, 6.07) is 13.0. The maximum atomic E-state index is 13.8. The number of thiazole rings is 1. The van der Waals surface area contributed by atoms with Crippen molar-refractivity contribution in [3.63, 3.8) is 0 Å². The molecule has 4 aromatic rings. The number of rotatable bonds is 8. The number of likely N-dealkylation sites (tertiary alicyclic amines) is 1. The van der Waals surface area contributed by atoms with E-state index in [0.29, 0.717) is 24.4 Å². The first-order valence-corrected chi connectivity index (χ1v) is 15.4. The lowest BCUT2D eigenvalue weighted by Crippen LogP contribution is -2.31. The number of anilines is 1. The lowest BCUT2D eigenvalue weighted by atomic mass is 10.0. The highest BCUT2D eigenvalue weighted by molar-refractivity contribution is 7.92. The molecule has 1 aliphatic heterocycles. The lowest BCUT2D eigenvalue weighted by Gasteiger charge is -2.24. The molecule has 12 heteroatoms. The molecule has 2 atom stereocenters. The van der Waals surface area contributed by atoms with E-state index in [2.05, 4.69) is 20.2 Å². The highest BCUT2D eigenvalue weighted by Gasteiger charge is 2.33. The SMILES string of the molecule is Cc1csc([C@H]2CCCN2C(=O)c2cc(-c3nnc(C(C)Cc4ccccc4)o3)nc(N(C)S(C)(=O)=O)c2)n1. The van der Waals surface area contributed by atoms with Gasteiger partial charge in [-0.3, -0.25) is 9.10 Å². The van der Waals surface area contributed by atoms with Crippen LogP contribution < -0.4 is 4.31 Å². The van der Waals surface area contributed by atoms with Crippen LogP contribution in [0.4, 0.5) is 5.82 Å². The zero-order chi connectivity index (χ0) is 27.7. The molecule has 0 aliphatic carbocycles. The molecule has 1 saturated heterocycles. The molecule has 4 heterocycles. The molecule has 39 heavy (non-hydrogen) atoms. The molecule has 0 bridgehead atoms. The Bertz CT molecular complexity index is 1580. The van der Waals surface area contributed by atoms with E-state index in [4.69, 9.17) is 4.42 Å². The number of hydrogen-bond acceptors (Lipinski definition) is 9. The van der Waals surface area contributed by atoms with Crippen molar-refractivity contribution >= 4 is 33.1 Å². The van der Waals surface area contributed by atoms with Crippen molar-refractivity contribution in [2.24, 2.45) is 0 Å². The van der Waals surface area contributed by atoms with Gasteiger partial charge < -0.3 is 9.32 Å². The van der Waals surface area contributed by atoms with Crippen LogP contribution in [-0.2, 0) is 16.4 Å². The maximum absolute atomic E-state index is 13.8. The number of carbonyl (C=O) groups excluding carboxylic acids is 1. The molecule has 0 saturated carbocycles. The monoisotopic (exact) mass is 566 g/mol. The molecule has 3 aromatic heterocycles. The fourth-order valence-electron chi connectivity index (χ4n) is 4.63. The molecule has 1 aromatic carbocycles. The first-order chi connectivity index (χ1) is 18.6. The van der Waals surface area contributed by atoms with E-state index < -0.39 is 10.0 Å². The van der Waals surface area contributed by atoms with E-state index in [1.165, 1.54) is 13.1 Å². The summed E-state index contributed by atoms with van der Waals surface area (Å²) in [6.07, 6.45) is 3.47. The molecule has 10 nitrogen and oxygen atoms in total. The summed E-state index contributed by atoms with van der Waals surface area (Å²) in [5, 5.41) is 11.3. The van der Waals surface area contributed by atoms with Crippen molar-refractivity contribution in [3.05, 3.63) is 75.6 Å². The average molecular weight is 567 g/mol. The van der Waals surface area contributed by atoms with Gasteiger partial charge in [-0.2, -0.15) is 0 Å². The van der Waals surface area contributed by atoms with Gasteiger partial charge in [-0.1, -0.05) is 37.3 Å². The van der Waals surface area contributed by atoms with Gasteiger partial charge in [0.15, 0.2) is 0 Å². The normalized spacial score (nSPS) is 16.4.